The predicted molar refractivity (Wildman–Crippen MR) is 60.8 cm³/mol. The normalized spacial score (nSPS) is 9.83. The van der Waals surface area contributed by atoms with E-state index in [1.54, 1.807) is 24.3 Å². The highest BCUT2D eigenvalue weighted by atomic mass is 17.2. The number of aromatic nitrogens is 2. The van der Waals surface area contributed by atoms with Gasteiger partial charge in [0, 0.05) is 19.3 Å². The molecular formula is C12H10N2O4. The Morgan fingerprint density at radius 2 is 2.00 bits per heavy atom. The molecule has 1 heterocycles. The van der Waals surface area contributed by atoms with E-state index in [-0.39, 0.29) is 17.2 Å². The molecule has 0 saturated heterocycles. The second-order valence-corrected chi connectivity index (χ2v) is 3.41. The summed E-state index contributed by atoms with van der Waals surface area (Å²) in [5, 5.41) is 3.83. The molecule has 0 unspecified atom stereocenters. The van der Waals surface area contributed by atoms with E-state index in [1.807, 2.05) is 0 Å². The molecule has 0 radical (unpaired) electrons. The second-order valence-electron chi connectivity index (χ2n) is 3.41. The Bertz CT molecular complexity index is 563. The molecule has 0 amide bonds. The van der Waals surface area contributed by atoms with Crippen LogP contribution in [0.25, 0.3) is 0 Å². The summed E-state index contributed by atoms with van der Waals surface area (Å²) >= 11 is 0. The zero-order chi connectivity index (χ0) is 13.0. The van der Waals surface area contributed by atoms with Crippen LogP contribution in [0, 0.1) is 0 Å². The van der Waals surface area contributed by atoms with Gasteiger partial charge in [-0.25, -0.2) is 9.48 Å². The minimum absolute atomic E-state index is 0.160. The summed E-state index contributed by atoms with van der Waals surface area (Å²) in [6.07, 6.45) is 3.01. The summed E-state index contributed by atoms with van der Waals surface area (Å²) < 4.78 is 1.16. The van der Waals surface area contributed by atoms with E-state index in [0.717, 1.165) is 4.68 Å². The maximum absolute atomic E-state index is 12.1. The van der Waals surface area contributed by atoms with Gasteiger partial charge in [-0.05, 0) is 18.2 Å². The number of hydrogen-bond acceptors (Lipinski definition) is 5. The summed E-state index contributed by atoms with van der Waals surface area (Å²) in [4.78, 5) is 32.0. The van der Waals surface area contributed by atoms with Crippen molar-refractivity contribution in [3.8, 4) is 5.75 Å². The molecule has 0 N–H and O–H groups in total. The number of nitrogens with zero attached hydrogens (tertiary/aromatic N) is 2. The van der Waals surface area contributed by atoms with Crippen LogP contribution < -0.4 is 4.89 Å². The first kappa shape index (κ1) is 11.8. The van der Waals surface area contributed by atoms with E-state index in [1.165, 1.54) is 25.4 Å². The second kappa shape index (κ2) is 5.13. The van der Waals surface area contributed by atoms with Crippen LogP contribution in [0.2, 0.25) is 0 Å². The van der Waals surface area contributed by atoms with Gasteiger partial charge in [0.1, 0.15) is 0 Å². The molecule has 6 nitrogen and oxygen atoms in total. The first-order valence-corrected chi connectivity index (χ1v) is 5.17. The number of carbonyl (C=O) groups is 2. The fourth-order valence-electron chi connectivity index (χ4n) is 1.33. The van der Waals surface area contributed by atoms with Gasteiger partial charge in [-0.1, -0.05) is 12.1 Å². The minimum atomic E-state index is -0.601. The van der Waals surface area contributed by atoms with Crippen LogP contribution in [-0.2, 0) is 9.68 Å². The van der Waals surface area contributed by atoms with Gasteiger partial charge in [0.05, 0.1) is 5.56 Å². The highest BCUT2D eigenvalue weighted by Gasteiger charge is 2.15. The average molecular weight is 246 g/mol. The van der Waals surface area contributed by atoms with Gasteiger partial charge >= 0.3 is 5.97 Å². The Morgan fingerprint density at radius 1 is 1.22 bits per heavy atom. The molecule has 2 rings (SSSR count). The van der Waals surface area contributed by atoms with Crippen LogP contribution in [-0.4, -0.2) is 21.7 Å². The summed E-state index contributed by atoms with van der Waals surface area (Å²) in [6, 6.07) is 8.06. The van der Waals surface area contributed by atoms with Crippen molar-refractivity contribution in [3.05, 3.63) is 48.3 Å². The first-order valence-electron chi connectivity index (χ1n) is 5.17. The summed E-state index contributed by atoms with van der Waals surface area (Å²) in [5.41, 5.74) is 0.252. The summed E-state index contributed by atoms with van der Waals surface area (Å²) in [6.45, 7) is 1.21. The van der Waals surface area contributed by atoms with Gasteiger partial charge in [0.2, 0.25) is 0 Å². The monoisotopic (exact) mass is 246 g/mol. The third kappa shape index (κ3) is 2.54. The van der Waals surface area contributed by atoms with Crippen molar-refractivity contribution in [2.24, 2.45) is 0 Å². The standard InChI is InChI=1S/C12H10N2O4/c1-9(15)17-18-11-6-3-2-5-10(11)12(16)14-8-4-7-13-14/h2-8H,1H3. The van der Waals surface area contributed by atoms with Gasteiger partial charge in [0.15, 0.2) is 5.75 Å². The highest BCUT2D eigenvalue weighted by molar-refractivity contribution is 5.97. The van der Waals surface area contributed by atoms with Gasteiger partial charge < -0.3 is 0 Å². The van der Waals surface area contributed by atoms with E-state index in [2.05, 4.69) is 9.99 Å². The van der Waals surface area contributed by atoms with Crippen molar-refractivity contribution in [3.63, 3.8) is 0 Å². The van der Waals surface area contributed by atoms with Crippen molar-refractivity contribution in [1.82, 2.24) is 9.78 Å². The zero-order valence-corrected chi connectivity index (χ0v) is 9.57. The molecule has 0 atom stereocenters. The molecule has 0 aliphatic rings. The van der Waals surface area contributed by atoms with Crippen molar-refractivity contribution >= 4 is 11.9 Å². The Balaban J connectivity index is 2.27. The zero-order valence-electron chi connectivity index (χ0n) is 9.57. The van der Waals surface area contributed by atoms with Crippen molar-refractivity contribution in [2.45, 2.75) is 6.92 Å². The van der Waals surface area contributed by atoms with Crippen molar-refractivity contribution in [1.29, 1.82) is 0 Å². The lowest BCUT2D eigenvalue weighted by Crippen LogP contribution is -2.14. The van der Waals surface area contributed by atoms with Crippen molar-refractivity contribution in [2.75, 3.05) is 0 Å². The molecule has 0 aliphatic carbocycles. The van der Waals surface area contributed by atoms with Gasteiger partial charge in [0.25, 0.3) is 5.91 Å². The maximum Gasteiger partial charge on any atom is 0.352 e. The first-order chi connectivity index (χ1) is 8.68. The van der Waals surface area contributed by atoms with E-state index in [0.29, 0.717) is 0 Å². The molecule has 1 aromatic carbocycles. The fraction of sp³-hybridized carbons (Fsp3) is 0.0833. The largest absolute Gasteiger partial charge is 0.352 e. The van der Waals surface area contributed by atoms with Crippen LogP contribution >= 0.6 is 0 Å². The quantitative estimate of drug-likeness (QED) is 0.605. The molecule has 6 heteroatoms. The number of benzene rings is 1. The number of rotatable bonds is 3. The molecule has 0 spiro atoms. The molecule has 92 valence electrons. The van der Waals surface area contributed by atoms with E-state index < -0.39 is 5.97 Å². The Morgan fingerprint density at radius 3 is 2.67 bits per heavy atom. The predicted octanol–water partition coefficient (Wildman–Crippen LogP) is 1.43. The van der Waals surface area contributed by atoms with Crippen LogP contribution in [0.5, 0.6) is 5.75 Å². The molecular weight excluding hydrogens is 236 g/mol. The van der Waals surface area contributed by atoms with Crippen molar-refractivity contribution < 1.29 is 19.4 Å². The van der Waals surface area contributed by atoms with Crippen LogP contribution in [0.1, 0.15) is 17.3 Å². The third-order valence-electron chi connectivity index (χ3n) is 2.08. The third-order valence-corrected chi connectivity index (χ3v) is 2.08. The van der Waals surface area contributed by atoms with Crippen LogP contribution in [0.15, 0.2) is 42.7 Å². The molecule has 1 aromatic heterocycles. The van der Waals surface area contributed by atoms with Crippen LogP contribution in [0.3, 0.4) is 0 Å². The Hall–Kier alpha value is -2.63. The number of hydrogen-bond donors (Lipinski definition) is 0. The fourth-order valence-corrected chi connectivity index (χ4v) is 1.33. The van der Waals surface area contributed by atoms with E-state index >= 15 is 0 Å². The Labute approximate surface area is 103 Å². The number of para-hydroxylation sites is 1. The molecule has 2 aromatic rings. The van der Waals surface area contributed by atoms with Gasteiger partial charge in [-0.2, -0.15) is 5.10 Å². The Kier molecular flexibility index (Phi) is 3.38. The van der Waals surface area contributed by atoms with Crippen LogP contribution in [0.4, 0.5) is 0 Å². The van der Waals surface area contributed by atoms with E-state index in [9.17, 15) is 9.59 Å². The maximum atomic E-state index is 12.1. The molecule has 18 heavy (non-hydrogen) atoms. The van der Waals surface area contributed by atoms with Gasteiger partial charge in [-0.3, -0.25) is 14.6 Å². The average Bonchev–Trinajstić information content (AvgIpc) is 2.89. The van der Waals surface area contributed by atoms with Gasteiger partial charge in [-0.15, -0.1) is 0 Å². The topological polar surface area (TPSA) is 70.4 Å². The number of carbonyl (C=O) groups excluding carboxylic acids is 2. The summed E-state index contributed by atoms with van der Waals surface area (Å²) in [7, 11) is 0. The summed E-state index contributed by atoms with van der Waals surface area (Å²) in [5.74, 6) is -0.813. The lowest BCUT2D eigenvalue weighted by atomic mass is 10.2. The van der Waals surface area contributed by atoms with E-state index in [4.69, 9.17) is 4.89 Å². The lowest BCUT2D eigenvalue weighted by Gasteiger charge is -2.07. The molecule has 0 aliphatic heterocycles. The SMILES string of the molecule is CC(=O)OOc1ccccc1C(=O)n1cccn1. The molecule has 0 fully saturated rings. The molecule has 0 bridgehead atoms. The highest BCUT2D eigenvalue weighted by Crippen LogP contribution is 2.19. The molecule has 0 saturated carbocycles. The minimum Gasteiger partial charge on any atom is -0.286 e. The lowest BCUT2D eigenvalue weighted by molar-refractivity contribution is -0.211. The smallest absolute Gasteiger partial charge is 0.286 e.